The van der Waals surface area contributed by atoms with E-state index in [1.807, 2.05) is 12.1 Å². The van der Waals surface area contributed by atoms with Crippen LogP contribution in [0, 0.1) is 0 Å². The van der Waals surface area contributed by atoms with Crippen molar-refractivity contribution in [2.75, 3.05) is 0 Å². The minimum absolute atomic E-state index is 0.0414. The summed E-state index contributed by atoms with van der Waals surface area (Å²) >= 11 is 0. The van der Waals surface area contributed by atoms with Gasteiger partial charge in [0.15, 0.2) is 8.07 Å². The van der Waals surface area contributed by atoms with E-state index < -0.39 is 32.2 Å². The molecule has 63 heavy (non-hydrogen) atoms. The number of nitrogens with zero attached hydrogens (tertiary/aromatic N) is 2. The molecule has 0 bridgehead atoms. The summed E-state index contributed by atoms with van der Waals surface area (Å²) in [6, 6.07) is 65.5. The summed E-state index contributed by atoms with van der Waals surface area (Å²) in [4.78, 5) is 0. The third-order valence-corrected chi connectivity index (χ3v) is 17.8. The molecule has 2 aromatic heterocycles. The molecule has 0 amide bonds. The SMILES string of the molecule is [2H]c1c([2H])c([2H])c2c(c1[2H])c1c([2H])c([2H])c([2H])c([2H])c1n2-c1ccc2c3c4c5ccccc5c5ccccc5c4ccc3n(-c3cccc([Si](c4ccccc4)(c4ccccc4)c4ccccc4)c3)c2c1. The van der Waals surface area contributed by atoms with E-state index in [1.165, 1.54) is 20.7 Å². The van der Waals surface area contributed by atoms with Crippen LogP contribution in [0.5, 0.6) is 0 Å². The van der Waals surface area contributed by atoms with Gasteiger partial charge in [0, 0.05) is 38.3 Å². The van der Waals surface area contributed by atoms with Crippen molar-refractivity contribution < 1.29 is 11.0 Å². The number of fused-ring (bicyclic) bond motifs is 13. The zero-order chi connectivity index (χ0) is 48.4. The van der Waals surface area contributed by atoms with Gasteiger partial charge in [-0.25, -0.2) is 0 Å². The van der Waals surface area contributed by atoms with E-state index in [2.05, 4.69) is 187 Å². The van der Waals surface area contributed by atoms with Gasteiger partial charge in [-0.3, -0.25) is 0 Å². The Kier molecular flexibility index (Phi) is 6.35. The fraction of sp³-hybridized carbons (Fsp3) is 0. The molecule has 11 aromatic carbocycles. The van der Waals surface area contributed by atoms with E-state index in [0.717, 1.165) is 59.8 Å². The van der Waals surface area contributed by atoms with E-state index in [1.54, 1.807) is 4.57 Å². The van der Waals surface area contributed by atoms with Crippen molar-refractivity contribution in [3.8, 4) is 11.4 Å². The van der Waals surface area contributed by atoms with Gasteiger partial charge >= 0.3 is 0 Å². The van der Waals surface area contributed by atoms with E-state index in [-0.39, 0.29) is 46.0 Å². The van der Waals surface area contributed by atoms with Gasteiger partial charge < -0.3 is 9.13 Å². The molecule has 2 heterocycles. The number of benzene rings is 11. The molecule has 0 radical (unpaired) electrons. The summed E-state index contributed by atoms with van der Waals surface area (Å²) < 4.78 is 75.8. The van der Waals surface area contributed by atoms with Crippen molar-refractivity contribution in [2.24, 2.45) is 0 Å². The molecule has 0 aliphatic carbocycles. The Balaban J connectivity index is 1.21. The normalized spacial score (nSPS) is 13.9. The largest absolute Gasteiger partial charge is 0.309 e. The molecule has 0 N–H and O–H groups in total. The zero-order valence-electron chi connectivity index (χ0n) is 41.9. The van der Waals surface area contributed by atoms with Crippen LogP contribution in [0.3, 0.4) is 0 Å². The highest BCUT2D eigenvalue weighted by Crippen LogP contribution is 2.44. The van der Waals surface area contributed by atoms with Gasteiger partial charge in [-0.2, -0.15) is 0 Å². The van der Waals surface area contributed by atoms with Crippen LogP contribution in [0.15, 0.2) is 242 Å². The third-order valence-electron chi connectivity index (χ3n) is 13.1. The molecule has 13 aromatic rings. The highest BCUT2D eigenvalue weighted by Gasteiger charge is 2.41. The first-order valence-electron chi connectivity index (χ1n) is 25.2. The van der Waals surface area contributed by atoms with Gasteiger partial charge in [0.25, 0.3) is 0 Å². The molecule has 3 heteroatoms. The van der Waals surface area contributed by atoms with Gasteiger partial charge in [0.2, 0.25) is 0 Å². The van der Waals surface area contributed by atoms with Crippen LogP contribution < -0.4 is 20.7 Å². The molecule has 0 atom stereocenters. The summed E-state index contributed by atoms with van der Waals surface area (Å²) in [5, 5.41) is 13.7. The molecule has 0 aliphatic heterocycles. The quantitative estimate of drug-likeness (QED) is 0.0898. The molecule has 0 saturated heterocycles. The van der Waals surface area contributed by atoms with Crippen molar-refractivity contribution in [3.05, 3.63) is 242 Å². The van der Waals surface area contributed by atoms with Crippen molar-refractivity contribution in [3.63, 3.8) is 0 Å². The van der Waals surface area contributed by atoms with Crippen LogP contribution in [-0.2, 0) is 0 Å². The lowest BCUT2D eigenvalue weighted by Gasteiger charge is -2.34. The van der Waals surface area contributed by atoms with Gasteiger partial charge in [0.05, 0.1) is 33.0 Å². The van der Waals surface area contributed by atoms with Crippen LogP contribution in [0.1, 0.15) is 11.0 Å². The maximum Gasteiger partial charge on any atom is 0.179 e. The summed E-state index contributed by atoms with van der Waals surface area (Å²) in [5.41, 5.74) is 3.31. The molecule has 0 saturated carbocycles. The lowest BCUT2D eigenvalue weighted by molar-refractivity contribution is 1.16. The number of hydrogen-bond donors (Lipinski definition) is 0. The molecule has 13 rings (SSSR count). The third kappa shape index (κ3) is 5.18. The number of aromatic nitrogens is 2. The maximum absolute atomic E-state index is 9.32. The van der Waals surface area contributed by atoms with Crippen LogP contribution >= 0.6 is 0 Å². The summed E-state index contributed by atoms with van der Waals surface area (Å²) in [6.45, 7) is 0. The smallest absolute Gasteiger partial charge is 0.179 e. The molecule has 294 valence electrons. The first kappa shape index (κ1) is 28.5. The average molecular weight is 825 g/mol. The second kappa shape index (κ2) is 14.0. The first-order valence-corrected chi connectivity index (χ1v) is 23.2. The van der Waals surface area contributed by atoms with Gasteiger partial charge in [-0.1, -0.05) is 200 Å². The van der Waals surface area contributed by atoms with Crippen LogP contribution in [-0.4, -0.2) is 17.2 Å². The van der Waals surface area contributed by atoms with Crippen molar-refractivity contribution >= 4 is 105 Å². The molecular weight excluding hydrogens is 777 g/mol. The van der Waals surface area contributed by atoms with E-state index in [4.69, 9.17) is 8.22 Å². The Morgan fingerprint density at radius 1 is 0.286 bits per heavy atom. The molecular formula is C60H40N2Si. The zero-order valence-corrected chi connectivity index (χ0v) is 34.9. The Morgan fingerprint density at radius 2 is 0.730 bits per heavy atom. The Bertz CT molecular complexity index is 4170. The summed E-state index contributed by atoms with van der Waals surface area (Å²) in [7, 11) is -3.01. The molecule has 2 nitrogen and oxygen atoms in total. The van der Waals surface area contributed by atoms with E-state index in [9.17, 15) is 2.74 Å². The fourth-order valence-corrected chi connectivity index (χ4v) is 15.3. The number of para-hydroxylation sites is 2. The monoisotopic (exact) mass is 824 g/mol. The van der Waals surface area contributed by atoms with Crippen LogP contribution in [0.2, 0.25) is 0 Å². The topological polar surface area (TPSA) is 9.86 Å². The molecule has 0 unspecified atom stereocenters. The highest BCUT2D eigenvalue weighted by atomic mass is 28.3. The maximum atomic E-state index is 9.32. The van der Waals surface area contributed by atoms with Crippen molar-refractivity contribution in [1.29, 1.82) is 0 Å². The summed E-state index contributed by atoms with van der Waals surface area (Å²) in [5.74, 6) is 0. The number of hydrogen-bond acceptors (Lipinski definition) is 0. The van der Waals surface area contributed by atoms with Crippen molar-refractivity contribution in [2.45, 2.75) is 0 Å². The van der Waals surface area contributed by atoms with Crippen LogP contribution in [0.25, 0.3) is 87.3 Å². The Morgan fingerprint density at radius 3 is 1.32 bits per heavy atom. The highest BCUT2D eigenvalue weighted by molar-refractivity contribution is 7.19. The minimum atomic E-state index is -3.01. The predicted molar refractivity (Wildman–Crippen MR) is 271 cm³/mol. The van der Waals surface area contributed by atoms with E-state index in [0.29, 0.717) is 5.69 Å². The van der Waals surface area contributed by atoms with Gasteiger partial charge in [-0.05, 0) is 90.1 Å². The van der Waals surface area contributed by atoms with Crippen LogP contribution in [0.4, 0.5) is 0 Å². The second-order valence-corrected chi connectivity index (χ2v) is 20.0. The fourth-order valence-electron chi connectivity index (χ4n) is 10.5. The predicted octanol–water partition coefficient (Wildman–Crippen LogP) is 12.7. The first-order chi connectivity index (χ1) is 34.6. The van der Waals surface area contributed by atoms with Crippen molar-refractivity contribution in [1.82, 2.24) is 9.13 Å². The average Bonchev–Trinajstić information content (AvgIpc) is 3.96. The molecule has 0 fully saturated rings. The molecule has 0 spiro atoms. The second-order valence-electron chi connectivity index (χ2n) is 16.2. The lowest BCUT2D eigenvalue weighted by atomic mass is 9.92. The van der Waals surface area contributed by atoms with Gasteiger partial charge in [-0.15, -0.1) is 0 Å². The van der Waals surface area contributed by atoms with Gasteiger partial charge in [0.1, 0.15) is 0 Å². The Labute approximate surface area is 377 Å². The van der Waals surface area contributed by atoms with E-state index >= 15 is 0 Å². The lowest BCUT2D eigenvalue weighted by Crippen LogP contribution is -2.74. The molecule has 0 aliphatic rings. The standard InChI is InChI=1S/C60H40N2Si/c1-4-20-43(21-5-1)63(44-22-6-2-7-23-44,45-24-8-3-9-25-45)46-26-18-19-41(39-46)62-57-38-37-53-49-29-11-10-27-47(49)48-28-12-13-32-52(48)59(53)60(57)54-36-35-42(40-58(54)62)61-55-33-16-14-30-50(55)51-31-15-17-34-56(51)61/h1-40H/i14D,15D,16D,17D,30D,31D,33D,34D. The minimum Gasteiger partial charge on any atom is -0.309 e. The number of rotatable bonds is 6. The Hall–Kier alpha value is -7.98. The summed E-state index contributed by atoms with van der Waals surface area (Å²) in [6.07, 6.45) is 0.